The minimum absolute atomic E-state index is 0.0206. The Hall–Kier alpha value is -0.930. The summed E-state index contributed by atoms with van der Waals surface area (Å²) in [5, 5.41) is 0.272. The summed E-state index contributed by atoms with van der Waals surface area (Å²) in [6.07, 6.45) is 0.488. The molecule has 1 atom stereocenters. The smallest absolute Gasteiger partial charge is 0.197 e. The van der Waals surface area contributed by atoms with Gasteiger partial charge in [-0.3, -0.25) is 4.79 Å². The highest BCUT2D eigenvalue weighted by atomic mass is 35.5. The molecule has 17 heavy (non-hydrogen) atoms. The van der Waals surface area contributed by atoms with Crippen LogP contribution < -0.4 is 0 Å². The van der Waals surface area contributed by atoms with Crippen molar-refractivity contribution in [3.8, 4) is 0 Å². The Balaban J connectivity index is 3.10. The number of halogens is 2. The molecule has 0 spiro atoms. The van der Waals surface area contributed by atoms with Crippen LogP contribution in [0.1, 0.15) is 37.6 Å². The van der Waals surface area contributed by atoms with Crippen LogP contribution in [0.25, 0.3) is 0 Å². The first kappa shape index (κ1) is 14.1. The van der Waals surface area contributed by atoms with Gasteiger partial charge in [0.05, 0.1) is 5.56 Å². The van der Waals surface area contributed by atoms with Crippen LogP contribution in [0.2, 0.25) is 5.02 Å². The maximum atomic E-state index is 13.6. The van der Waals surface area contributed by atoms with Gasteiger partial charge in [0, 0.05) is 11.6 Å². The van der Waals surface area contributed by atoms with Crippen LogP contribution >= 0.6 is 11.6 Å². The minimum Gasteiger partial charge on any atom is -0.367 e. The number of hydrogen-bond acceptors (Lipinski definition) is 2. The normalized spacial score (nSPS) is 14.4. The molecule has 0 fully saturated rings. The van der Waals surface area contributed by atoms with Crippen molar-refractivity contribution >= 4 is 17.4 Å². The fraction of sp³-hybridized carbons (Fsp3) is 0.462. The molecular weight excluding hydrogens is 243 g/mol. The first-order valence-electron chi connectivity index (χ1n) is 5.58. The van der Waals surface area contributed by atoms with Gasteiger partial charge in [-0.25, -0.2) is 4.39 Å². The van der Waals surface area contributed by atoms with Crippen LogP contribution in [-0.4, -0.2) is 18.0 Å². The van der Waals surface area contributed by atoms with Gasteiger partial charge in [0.15, 0.2) is 5.78 Å². The van der Waals surface area contributed by atoms with Gasteiger partial charge in [-0.1, -0.05) is 18.5 Å². The lowest BCUT2D eigenvalue weighted by Gasteiger charge is -2.26. The Morgan fingerprint density at radius 2 is 2.12 bits per heavy atom. The number of ether oxygens (including phenoxy) is 1. The summed E-state index contributed by atoms with van der Waals surface area (Å²) in [6.45, 7) is 5.72. The Morgan fingerprint density at radius 1 is 1.47 bits per heavy atom. The highest BCUT2D eigenvalue weighted by Crippen LogP contribution is 2.24. The maximum absolute atomic E-state index is 13.6. The number of carbonyl (C=O) groups excluding carboxylic acids is 1. The van der Waals surface area contributed by atoms with E-state index in [-0.39, 0.29) is 16.4 Å². The second kappa shape index (κ2) is 5.61. The zero-order valence-corrected chi connectivity index (χ0v) is 11.0. The van der Waals surface area contributed by atoms with Gasteiger partial charge in [0.1, 0.15) is 11.4 Å². The largest absolute Gasteiger partial charge is 0.367 e. The molecule has 0 aromatic heterocycles. The number of benzene rings is 1. The summed E-state index contributed by atoms with van der Waals surface area (Å²) in [5.74, 6) is -0.960. The minimum atomic E-state index is -0.983. The fourth-order valence-electron chi connectivity index (χ4n) is 1.61. The SMILES string of the molecule is CCOC(C)(CC)C(=O)c1ccc(Cl)cc1F. The molecule has 1 unspecified atom stereocenters. The van der Waals surface area contributed by atoms with Crippen molar-refractivity contribution < 1.29 is 13.9 Å². The molecule has 0 aliphatic heterocycles. The maximum Gasteiger partial charge on any atom is 0.197 e. The van der Waals surface area contributed by atoms with Crippen molar-refractivity contribution in [2.24, 2.45) is 0 Å². The van der Waals surface area contributed by atoms with Crippen molar-refractivity contribution in [1.82, 2.24) is 0 Å². The third-order valence-electron chi connectivity index (χ3n) is 2.79. The Labute approximate surface area is 106 Å². The third kappa shape index (κ3) is 3.05. The van der Waals surface area contributed by atoms with Crippen LogP contribution in [0.5, 0.6) is 0 Å². The molecule has 0 saturated heterocycles. The second-order valence-corrected chi connectivity index (χ2v) is 4.41. The lowest BCUT2D eigenvalue weighted by Crippen LogP contribution is -2.38. The van der Waals surface area contributed by atoms with E-state index in [1.54, 1.807) is 13.8 Å². The summed E-state index contributed by atoms with van der Waals surface area (Å²) in [6, 6.07) is 4.03. The molecule has 0 saturated carbocycles. The fourth-order valence-corrected chi connectivity index (χ4v) is 1.76. The van der Waals surface area contributed by atoms with Gasteiger partial charge in [-0.2, -0.15) is 0 Å². The molecule has 94 valence electrons. The molecule has 1 rings (SSSR count). The van der Waals surface area contributed by atoms with E-state index in [0.29, 0.717) is 13.0 Å². The van der Waals surface area contributed by atoms with Crippen molar-refractivity contribution in [1.29, 1.82) is 0 Å². The average molecular weight is 259 g/mol. The van der Waals surface area contributed by atoms with Gasteiger partial charge in [0.2, 0.25) is 0 Å². The van der Waals surface area contributed by atoms with E-state index in [4.69, 9.17) is 16.3 Å². The number of ketones is 1. The first-order valence-corrected chi connectivity index (χ1v) is 5.96. The van der Waals surface area contributed by atoms with Gasteiger partial charge < -0.3 is 4.74 Å². The van der Waals surface area contributed by atoms with Crippen LogP contribution in [0.4, 0.5) is 4.39 Å². The summed E-state index contributed by atoms with van der Waals surface area (Å²) in [5.41, 5.74) is -0.962. The molecule has 2 nitrogen and oxygen atoms in total. The highest BCUT2D eigenvalue weighted by Gasteiger charge is 2.34. The van der Waals surface area contributed by atoms with Crippen molar-refractivity contribution in [3.63, 3.8) is 0 Å². The second-order valence-electron chi connectivity index (χ2n) is 3.97. The van der Waals surface area contributed by atoms with Crippen LogP contribution in [0.15, 0.2) is 18.2 Å². The standard InChI is InChI=1S/C13H16ClFO2/c1-4-13(3,17-5-2)12(16)10-7-6-9(14)8-11(10)15/h6-8H,4-5H2,1-3H3. The lowest BCUT2D eigenvalue weighted by molar-refractivity contribution is -0.0118. The molecule has 4 heteroatoms. The summed E-state index contributed by atoms with van der Waals surface area (Å²) < 4.78 is 19.1. The monoisotopic (exact) mass is 258 g/mol. The first-order chi connectivity index (χ1) is 7.94. The zero-order valence-electron chi connectivity index (χ0n) is 10.2. The quantitative estimate of drug-likeness (QED) is 0.750. The number of hydrogen-bond donors (Lipinski definition) is 0. The number of Topliss-reactive ketones (excluding diaryl/α,β-unsaturated/α-hetero) is 1. The van der Waals surface area contributed by atoms with Crippen LogP contribution in [0, 0.1) is 5.82 Å². The molecule has 1 aromatic rings. The molecule has 0 aliphatic rings. The topological polar surface area (TPSA) is 26.3 Å². The van der Waals surface area contributed by atoms with Crippen LogP contribution in [0.3, 0.4) is 0 Å². The van der Waals surface area contributed by atoms with E-state index in [9.17, 15) is 9.18 Å². The molecular formula is C13H16ClFO2. The molecule has 0 N–H and O–H groups in total. The molecule has 0 bridgehead atoms. The van der Waals surface area contributed by atoms with E-state index in [1.807, 2.05) is 6.92 Å². The summed E-state index contributed by atoms with van der Waals surface area (Å²) >= 11 is 5.65. The van der Waals surface area contributed by atoms with Crippen molar-refractivity contribution in [3.05, 3.63) is 34.6 Å². The van der Waals surface area contributed by atoms with Crippen LogP contribution in [-0.2, 0) is 4.74 Å². The highest BCUT2D eigenvalue weighted by molar-refractivity contribution is 6.30. The van der Waals surface area contributed by atoms with Gasteiger partial charge >= 0.3 is 0 Å². The van der Waals surface area contributed by atoms with Gasteiger partial charge in [-0.15, -0.1) is 0 Å². The molecule has 0 amide bonds. The Morgan fingerprint density at radius 3 is 2.59 bits per heavy atom. The Kier molecular flexibility index (Phi) is 4.66. The predicted molar refractivity (Wildman–Crippen MR) is 66.1 cm³/mol. The van der Waals surface area contributed by atoms with E-state index in [0.717, 1.165) is 6.07 Å². The molecule has 0 radical (unpaired) electrons. The van der Waals surface area contributed by atoms with Gasteiger partial charge in [0.25, 0.3) is 0 Å². The summed E-state index contributed by atoms with van der Waals surface area (Å²) in [7, 11) is 0. The van der Waals surface area contributed by atoms with E-state index in [2.05, 4.69) is 0 Å². The van der Waals surface area contributed by atoms with E-state index in [1.165, 1.54) is 12.1 Å². The predicted octanol–water partition coefficient (Wildman–Crippen LogP) is 3.87. The number of rotatable bonds is 5. The number of carbonyl (C=O) groups is 1. The lowest BCUT2D eigenvalue weighted by atomic mass is 9.91. The van der Waals surface area contributed by atoms with E-state index >= 15 is 0 Å². The zero-order chi connectivity index (χ0) is 13.1. The van der Waals surface area contributed by atoms with Crippen molar-refractivity contribution in [2.45, 2.75) is 32.8 Å². The summed E-state index contributed by atoms with van der Waals surface area (Å²) in [4.78, 5) is 12.2. The Bertz CT molecular complexity index is 420. The van der Waals surface area contributed by atoms with Gasteiger partial charge in [-0.05, 0) is 38.5 Å². The van der Waals surface area contributed by atoms with Crippen molar-refractivity contribution in [2.75, 3.05) is 6.61 Å². The molecule has 0 heterocycles. The van der Waals surface area contributed by atoms with E-state index < -0.39 is 11.4 Å². The molecule has 1 aromatic carbocycles. The third-order valence-corrected chi connectivity index (χ3v) is 3.03. The average Bonchev–Trinajstić information content (AvgIpc) is 2.28. The molecule has 0 aliphatic carbocycles.